The van der Waals surface area contributed by atoms with Gasteiger partial charge in [0.25, 0.3) is 5.91 Å². The van der Waals surface area contributed by atoms with Crippen LogP contribution in [0, 0.1) is 13.8 Å². The lowest BCUT2D eigenvalue weighted by Crippen LogP contribution is -2.25. The number of halogens is 2. The van der Waals surface area contributed by atoms with E-state index in [0.717, 1.165) is 71.0 Å². The summed E-state index contributed by atoms with van der Waals surface area (Å²) in [5.41, 5.74) is 4.77. The van der Waals surface area contributed by atoms with E-state index in [-0.39, 0.29) is 5.91 Å². The van der Waals surface area contributed by atoms with Gasteiger partial charge < -0.3 is 14.6 Å². The van der Waals surface area contributed by atoms with E-state index in [0.29, 0.717) is 23.7 Å². The molecular weight excluding hydrogens is 493 g/mol. The van der Waals surface area contributed by atoms with Gasteiger partial charge in [-0.15, -0.1) is 0 Å². The Bertz CT molecular complexity index is 1330. The zero-order chi connectivity index (χ0) is 25.5. The van der Waals surface area contributed by atoms with E-state index in [2.05, 4.69) is 16.0 Å². The Morgan fingerprint density at radius 3 is 2.53 bits per heavy atom. The molecule has 1 amide bonds. The van der Waals surface area contributed by atoms with Crippen molar-refractivity contribution in [2.45, 2.75) is 46.1 Å². The number of fused-ring (bicyclic) bond motifs is 1. The van der Waals surface area contributed by atoms with Crippen molar-refractivity contribution in [3.63, 3.8) is 0 Å². The van der Waals surface area contributed by atoms with Gasteiger partial charge in [-0.3, -0.25) is 4.79 Å². The SMILES string of the molecule is Cc1cc(OCCCCn2c(CCCNC(=O)c3cccc(Cl)c3)nc3ccccc32)cc(C)c1Cl. The monoisotopic (exact) mass is 523 g/mol. The molecule has 0 saturated heterocycles. The van der Waals surface area contributed by atoms with Crippen LogP contribution in [0.25, 0.3) is 11.0 Å². The third kappa shape index (κ3) is 6.59. The number of ether oxygens (including phenoxy) is 1. The molecule has 0 bridgehead atoms. The number of carbonyl (C=O) groups excluding carboxylic acids is 1. The molecule has 0 aliphatic rings. The van der Waals surface area contributed by atoms with E-state index in [9.17, 15) is 4.79 Å². The second-order valence-corrected chi connectivity index (χ2v) is 9.78. The zero-order valence-corrected chi connectivity index (χ0v) is 22.2. The molecule has 3 aromatic carbocycles. The van der Waals surface area contributed by atoms with Crippen molar-refractivity contribution in [2.75, 3.05) is 13.2 Å². The highest BCUT2D eigenvalue weighted by Crippen LogP contribution is 2.26. The van der Waals surface area contributed by atoms with Gasteiger partial charge in [-0.2, -0.15) is 0 Å². The number of hydrogen-bond donors (Lipinski definition) is 1. The number of rotatable bonds is 11. The molecule has 5 nitrogen and oxygen atoms in total. The number of aryl methyl sites for hydroxylation is 4. The molecule has 4 rings (SSSR count). The van der Waals surface area contributed by atoms with Crippen molar-refractivity contribution < 1.29 is 9.53 Å². The van der Waals surface area contributed by atoms with Crippen LogP contribution in [-0.4, -0.2) is 28.6 Å². The number of benzene rings is 3. The standard InChI is InChI=1S/C29H31Cl2N3O2/c1-20-17-24(18-21(2)28(20)31)36-16-6-5-15-34-26-12-4-3-11-25(26)33-27(34)13-8-14-32-29(35)22-9-7-10-23(30)19-22/h3-4,7,9-12,17-19H,5-6,8,13-16H2,1-2H3,(H,32,35). The van der Waals surface area contributed by atoms with Crippen LogP contribution in [0.4, 0.5) is 0 Å². The molecule has 0 aliphatic heterocycles. The topological polar surface area (TPSA) is 56.1 Å². The summed E-state index contributed by atoms with van der Waals surface area (Å²) in [4.78, 5) is 17.2. The highest BCUT2D eigenvalue weighted by atomic mass is 35.5. The molecule has 1 heterocycles. The number of hydrogen-bond acceptors (Lipinski definition) is 3. The van der Waals surface area contributed by atoms with Crippen LogP contribution >= 0.6 is 23.2 Å². The first-order valence-electron chi connectivity index (χ1n) is 12.3. The first-order valence-corrected chi connectivity index (χ1v) is 13.1. The molecule has 0 unspecified atom stereocenters. The van der Waals surface area contributed by atoms with Crippen molar-refractivity contribution in [2.24, 2.45) is 0 Å². The quantitative estimate of drug-likeness (QED) is 0.212. The molecular formula is C29H31Cl2N3O2. The second kappa shape index (κ2) is 12.3. The summed E-state index contributed by atoms with van der Waals surface area (Å²) in [6.45, 7) is 6.08. The second-order valence-electron chi connectivity index (χ2n) is 8.96. The Labute approximate surface area is 222 Å². The fraction of sp³-hybridized carbons (Fsp3) is 0.310. The van der Waals surface area contributed by atoms with Gasteiger partial charge in [-0.25, -0.2) is 4.98 Å². The minimum absolute atomic E-state index is 0.114. The van der Waals surface area contributed by atoms with E-state index in [1.807, 2.05) is 44.2 Å². The Morgan fingerprint density at radius 1 is 0.972 bits per heavy atom. The third-order valence-electron chi connectivity index (χ3n) is 6.14. The number of aromatic nitrogens is 2. The molecule has 36 heavy (non-hydrogen) atoms. The molecule has 0 saturated carbocycles. The molecule has 0 radical (unpaired) electrons. The smallest absolute Gasteiger partial charge is 0.251 e. The summed E-state index contributed by atoms with van der Waals surface area (Å²) >= 11 is 12.3. The lowest BCUT2D eigenvalue weighted by Gasteiger charge is -2.12. The average molecular weight is 524 g/mol. The van der Waals surface area contributed by atoms with Crippen molar-refractivity contribution in [1.29, 1.82) is 0 Å². The predicted octanol–water partition coefficient (Wildman–Crippen LogP) is 7.18. The highest BCUT2D eigenvalue weighted by Gasteiger charge is 2.11. The summed E-state index contributed by atoms with van der Waals surface area (Å²) < 4.78 is 8.27. The van der Waals surface area contributed by atoms with Crippen molar-refractivity contribution >= 4 is 40.1 Å². The van der Waals surface area contributed by atoms with Crippen LogP contribution in [0.1, 0.15) is 46.6 Å². The third-order valence-corrected chi connectivity index (χ3v) is 6.97. The zero-order valence-electron chi connectivity index (χ0n) is 20.7. The van der Waals surface area contributed by atoms with Crippen molar-refractivity contribution in [1.82, 2.24) is 14.9 Å². The van der Waals surface area contributed by atoms with Crippen molar-refractivity contribution in [3.8, 4) is 5.75 Å². The van der Waals surface area contributed by atoms with Gasteiger partial charge in [0.1, 0.15) is 11.6 Å². The largest absolute Gasteiger partial charge is 0.494 e. The molecule has 0 aliphatic carbocycles. The molecule has 1 N–H and O–H groups in total. The number of imidazole rings is 1. The van der Waals surface area contributed by atoms with E-state index in [1.165, 1.54) is 0 Å². The average Bonchev–Trinajstić information content (AvgIpc) is 3.22. The van der Waals surface area contributed by atoms with Gasteiger partial charge in [0.05, 0.1) is 17.6 Å². The first kappa shape index (κ1) is 26.1. The van der Waals surface area contributed by atoms with Crippen LogP contribution in [-0.2, 0) is 13.0 Å². The minimum Gasteiger partial charge on any atom is -0.494 e. The van der Waals surface area contributed by atoms with Crippen LogP contribution in [0.3, 0.4) is 0 Å². The van der Waals surface area contributed by atoms with Crippen LogP contribution < -0.4 is 10.1 Å². The molecule has 0 spiro atoms. The maximum Gasteiger partial charge on any atom is 0.251 e. The summed E-state index contributed by atoms with van der Waals surface area (Å²) in [7, 11) is 0. The lowest BCUT2D eigenvalue weighted by molar-refractivity contribution is 0.0953. The fourth-order valence-electron chi connectivity index (χ4n) is 4.30. The van der Waals surface area contributed by atoms with Gasteiger partial charge in [0.2, 0.25) is 0 Å². The molecule has 0 fully saturated rings. The summed E-state index contributed by atoms with van der Waals surface area (Å²) in [6.07, 6.45) is 3.49. The van der Waals surface area contributed by atoms with E-state index in [1.54, 1.807) is 24.3 Å². The Hall–Kier alpha value is -3.02. The Morgan fingerprint density at radius 2 is 1.75 bits per heavy atom. The molecule has 4 aromatic rings. The van der Waals surface area contributed by atoms with Gasteiger partial charge >= 0.3 is 0 Å². The molecule has 7 heteroatoms. The van der Waals surface area contributed by atoms with Gasteiger partial charge in [-0.1, -0.05) is 41.4 Å². The van der Waals surface area contributed by atoms with Gasteiger partial charge in [0.15, 0.2) is 0 Å². The normalized spacial score (nSPS) is 11.1. The van der Waals surface area contributed by atoms with Crippen LogP contribution in [0.2, 0.25) is 10.0 Å². The van der Waals surface area contributed by atoms with E-state index >= 15 is 0 Å². The van der Waals surface area contributed by atoms with Crippen LogP contribution in [0.5, 0.6) is 5.75 Å². The number of carbonyl (C=O) groups is 1. The number of nitrogens with zero attached hydrogens (tertiary/aromatic N) is 2. The van der Waals surface area contributed by atoms with E-state index < -0.39 is 0 Å². The predicted molar refractivity (Wildman–Crippen MR) is 147 cm³/mol. The summed E-state index contributed by atoms with van der Waals surface area (Å²) in [5, 5.41) is 4.33. The minimum atomic E-state index is -0.114. The molecule has 188 valence electrons. The van der Waals surface area contributed by atoms with E-state index in [4.69, 9.17) is 32.9 Å². The van der Waals surface area contributed by atoms with Crippen molar-refractivity contribution in [3.05, 3.63) is 93.2 Å². The maximum absolute atomic E-state index is 12.4. The fourth-order valence-corrected chi connectivity index (χ4v) is 4.60. The first-order chi connectivity index (χ1) is 17.4. The van der Waals surface area contributed by atoms with Gasteiger partial charge in [0, 0.05) is 35.1 Å². The number of para-hydroxylation sites is 2. The van der Waals surface area contributed by atoms with Gasteiger partial charge in [-0.05, 0) is 86.7 Å². The summed E-state index contributed by atoms with van der Waals surface area (Å²) in [5.74, 6) is 1.79. The maximum atomic E-state index is 12.4. The summed E-state index contributed by atoms with van der Waals surface area (Å²) in [6, 6.07) is 19.2. The number of nitrogens with one attached hydrogen (secondary N) is 1. The van der Waals surface area contributed by atoms with Crippen LogP contribution in [0.15, 0.2) is 60.7 Å². The molecule has 1 aromatic heterocycles. The molecule has 0 atom stereocenters. The number of unbranched alkanes of at least 4 members (excludes halogenated alkanes) is 1. The highest BCUT2D eigenvalue weighted by molar-refractivity contribution is 6.32. The number of amides is 1. The Kier molecular flexibility index (Phi) is 8.89. The lowest BCUT2D eigenvalue weighted by atomic mass is 10.1. The Balaban J connectivity index is 1.30.